The van der Waals surface area contributed by atoms with Gasteiger partial charge in [0.1, 0.15) is 11.6 Å². The van der Waals surface area contributed by atoms with E-state index in [0.717, 1.165) is 23.6 Å². The van der Waals surface area contributed by atoms with Crippen LogP contribution in [-0.4, -0.2) is 23.0 Å². The van der Waals surface area contributed by atoms with E-state index in [1.54, 1.807) is 19.5 Å². The molecule has 20 heavy (non-hydrogen) atoms. The van der Waals surface area contributed by atoms with Crippen molar-refractivity contribution in [3.05, 3.63) is 48.0 Å². The third-order valence-corrected chi connectivity index (χ3v) is 3.23. The minimum Gasteiger partial charge on any atom is -0.497 e. The number of nitrogens with one attached hydrogen (secondary N) is 2. The van der Waals surface area contributed by atoms with Gasteiger partial charge in [-0.25, -0.2) is 4.98 Å². The summed E-state index contributed by atoms with van der Waals surface area (Å²) in [4.78, 5) is 19.3. The molecule has 2 N–H and O–H groups in total. The number of ether oxygens (including phenoxy) is 1. The van der Waals surface area contributed by atoms with E-state index in [9.17, 15) is 4.79 Å². The van der Waals surface area contributed by atoms with Crippen LogP contribution in [0.5, 0.6) is 5.75 Å². The molecule has 0 bridgehead atoms. The van der Waals surface area contributed by atoms with Crippen molar-refractivity contribution in [2.24, 2.45) is 0 Å². The van der Waals surface area contributed by atoms with E-state index in [1.807, 2.05) is 31.2 Å². The second-order valence-corrected chi connectivity index (χ2v) is 4.49. The number of aromatic nitrogens is 2. The van der Waals surface area contributed by atoms with Gasteiger partial charge in [0.05, 0.1) is 19.6 Å². The van der Waals surface area contributed by atoms with Gasteiger partial charge in [-0.05, 0) is 24.1 Å². The second-order valence-electron chi connectivity index (χ2n) is 4.49. The molecule has 0 aliphatic heterocycles. The minimum absolute atomic E-state index is 0.00840. The summed E-state index contributed by atoms with van der Waals surface area (Å²) in [6, 6.07) is 7.61. The van der Waals surface area contributed by atoms with Crippen molar-refractivity contribution in [2.75, 3.05) is 7.11 Å². The number of benzene rings is 1. The number of imidazole rings is 1. The van der Waals surface area contributed by atoms with E-state index in [2.05, 4.69) is 15.3 Å². The van der Waals surface area contributed by atoms with Crippen molar-refractivity contribution in [1.29, 1.82) is 0 Å². The SMILES string of the molecule is CCC(C(=O)NCc1ncc[nH]1)c1ccc(OC)cc1. The van der Waals surface area contributed by atoms with Crippen LogP contribution in [0.15, 0.2) is 36.7 Å². The number of H-pyrrole nitrogens is 1. The number of nitrogens with zero attached hydrogens (tertiary/aromatic N) is 1. The number of amides is 1. The minimum atomic E-state index is -0.157. The van der Waals surface area contributed by atoms with Gasteiger partial charge in [0.25, 0.3) is 0 Å². The quantitative estimate of drug-likeness (QED) is 0.848. The van der Waals surface area contributed by atoms with Crippen LogP contribution in [-0.2, 0) is 11.3 Å². The van der Waals surface area contributed by atoms with Gasteiger partial charge in [-0.15, -0.1) is 0 Å². The molecule has 0 spiro atoms. The van der Waals surface area contributed by atoms with E-state index >= 15 is 0 Å². The third kappa shape index (κ3) is 3.38. The Morgan fingerprint density at radius 1 is 1.40 bits per heavy atom. The normalized spacial score (nSPS) is 11.9. The number of methoxy groups -OCH3 is 1. The number of hydrogen-bond acceptors (Lipinski definition) is 3. The fourth-order valence-electron chi connectivity index (χ4n) is 2.10. The highest BCUT2D eigenvalue weighted by Gasteiger charge is 2.18. The fourth-order valence-corrected chi connectivity index (χ4v) is 2.10. The first-order valence-corrected chi connectivity index (χ1v) is 6.64. The zero-order valence-electron chi connectivity index (χ0n) is 11.7. The van der Waals surface area contributed by atoms with Crippen LogP contribution in [0, 0.1) is 0 Å². The summed E-state index contributed by atoms with van der Waals surface area (Å²) >= 11 is 0. The molecule has 2 aromatic rings. The lowest BCUT2D eigenvalue weighted by Crippen LogP contribution is -2.29. The van der Waals surface area contributed by atoms with E-state index < -0.39 is 0 Å². The van der Waals surface area contributed by atoms with Crippen LogP contribution in [0.2, 0.25) is 0 Å². The maximum Gasteiger partial charge on any atom is 0.227 e. The molecule has 0 aliphatic carbocycles. The average Bonchev–Trinajstić information content (AvgIpc) is 3.00. The highest BCUT2D eigenvalue weighted by Crippen LogP contribution is 2.22. The zero-order valence-corrected chi connectivity index (χ0v) is 11.7. The average molecular weight is 273 g/mol. The Bertz CT molecular complexity index is 535. The van der Waals surface area contributed by atoms with Gasteiger partial charge in [0, 0.05) is 12.4 Å². The first-order chi connectivity index (χ1) is 9.74. The number of carbonyl (C=O) groups excluding carboxylic acids is 1. The summed E-state index contributed by atoms with van der Waals surface area (Å²) in [5.41, 5.74) is 0.991. The molecular weight excluding hydrogens is 254 g/mol. The van der Waals surface area contributed by atoms with E-state index in [0.29, 0.717) is 6.54 Å². The topological polar surface area (TPSA) is 67.0 Å². The predicted molar refractivity (Wildman–Crippen MR) is 76.5 cm³/mol. The standard InChI is InChI=1S/C15H19N3O2/c1-3-13(11-4-6-12(20-2)7-5-11)15(19)18-10-14-16-8-9-17-14/h4-9,13H,3,10H2,1-2H3,(H,16,17)(H,18,19). The molecule has 1 aromatic carbocycles. The van der Waals surface area contributed by atoms with Crippen molar-refractivity contribution in [1.82, 2.24) is 15.3 Å². The van der Waals surface area contributed by atoms with Crippen LogP contribution in [0.4, 0.5) is 0 Å². The first kappa shape index (κ1) is 14.1. The largest absolute Gasteiger partial charge is 0.497 e. The summed E-state index contributed by atoms with van der Waals surface area (Å²) < 4.78 is 5.13. The maximum absolute atomic E-state index is 12.2. The summed E-state index contributed by atoms with van der Waals surface area (Å²) in [7, 11) is 1.63. The molecule has 0 radical (unpaired) electrons. The molecule has 2 rings (SSSR count). The molecule has 0 fully saturated rings. The lowest BCUT2D eigenvalue weighted by Gasteiger charge is -2.15. The van der Waals surface area contributed by atoms with Crippen LogP contribution < -0.4 is 10.1 Å². The molecular formula is C15H19N3O2. The molecule has 0 saturated carbocycles. The molecule has 1 amide bonds. The number of rotatable bonds is 6. The van der Waals surface area contributed by atoms with Gasteiger partial charge in [-0.2, -0.15) is 0 Å². The van der Waals surface area contributed by atoms with Gasteiger partial charge < -0.3 is 15.0 Å². The molecule has 1 heterocycles. The van der Waals surface area contributed by atoms with E-state index in [-0.39, 0.29) is 11.8 Å². The Morgan fingerprint density at radius 3 is 2.70 bits per heavy atom. The fraction of sp³-hybridized carbons (Fsp3) is 0.333. The number of aromatic amines is 1. The maximum atomic E-state index is 12.2. The van der Waals surface area contributed by atoms with Crippen molar-refractivity contribution < 1.29 is 9.53 Å². The molecule has 0 saturated heterocycles. The Labute approximate surface area is 118 Å². The summed E-state index contributed by atoms with van der Waals surface area (Å²) in [6.07, 6.45) is 4.15. The molecule has 0 aliphatic rings. The molecule has 5 heteroatoms. The molecule has 106 valence electrons. The summed E-state index contributed by atoms with van der Waals surface area (Å²) in [5.74, 6) is 1.40. The van der Waals surface area contributed by atoms with Crippen LogP contribution >= 0.6 is 0 Å². The Kier molecular flexibility index (Phi) is 4.76. The van der Waals surface area contributed by atoms with Crippen molar-refractivity contribution >= 4 is 5.91 Å². The van der Waals surface area contributed by atoms with Crippen LogP contribution in [0.25, 0.3) is 0 Å². The lowest BCUT2D eigenvalue weighted by atomic mass is 9.95. The van der Waals surface area contributed by atoms with Gasteiger partial charge in [0.15, 0.2) is 0 Å². The number of carbonyl (C=O) groups is 1. The molecule has 1 aromatic heterocycles. The highest BCUT2D eigenvalue weighted by atomic mass is 16.5. The monoisotopic (exact) mass is 273 g/mol. The number of hydrogen-bond donors (Lipinski definition) is 2. The Balaban J connectivity index is 2.00. The lowest BCUT2D eigenvalue weighted by molar-refractivity contribution is -0.122. The van der Waals surface area contributed by atoms with Gasteiger partial charge in [-0.1, -0.05) is 19.1 Å². The second kappa shape index (κ2) is 6.75. The smallest absolute Gasteiger partial charge is 0.227 e. The Hall–Kier alpha value is -2.30. The van der Waals surface area contributed by atoms with Crippen LogP contribution in [0.1, 0.15) is 30.7 Å². The van der Waals surface area contributed by atoms with Gasteiger partial charge in [0.2, 0.25) is 5.91 Å². The van der Waals surface area contributed by atoms with Crippen molar-refractivity contribution in [3.8, 4) is 5.75 Å². The van der Waals surface area contributed by atoms with Gasteiger partial charge in [-0.3, -0.25) is 4.79 Å². The van der Waals surface area contributed by atoms with E-state index in [4.69, 9.17) is 4.74 Å². The molecule has 5 nitrogen and oxygen atoms in total. The van der Waals surface area contributed by atoms with Crippen molar-refractivity contribution in [2.45, 2.75) is 25.8 Å². The van der Waals surface area contributed by atoms with E-state index in [1.165, 1.54) is 0 Å². The molecule has 1 atom stereocenters. The van der Waals surface area contributed by atoms with Crippen LogP contribution in [0.3, 0.4) is 0 Å². The molecule has 1 unspecified atom stereocenters. The summed E-state index contributed by atoms with van der Waals surface area (Å²) in [5, 5.41) is 2.90. The predicted octanol–water partition coefficient (Wildman–Crippen LogP) is 2.23. The Morgan fingerprint density at radius 2 is 2.15 bits per heavy atom. The zero-order chi connectivity index (χ0) is 14.4. The highest BCUT2D eigenvalue weighted by molar-refractivity contribution is 5.83. The van der Waals surface area contributed by atoms with Crippen molar-refractivity contribution in [3.63, 3.8) is 0 Å². The third-order valence-electron chi connectivity index (χ3n) is 3.23. The van der Waals surface area contributed by atoms with Gasteiger partial charge >= 0.3 is 0 Å². The summed E-state index contributed by atoms with van der Waals surface area (Å²) in [6.45, 7) is 2.42. The first-order valence-electron chi connectivity index (χ1n) is 6.64.